The Morgan fingerprint density at radius 2 is 1.45 bits per heavy atom. The molecule has 0 spiro atoms. The fourth-order valence-electron chi connectivity index (χ4n) is 4.80. The lowest BCUT2D eigenvalue weighted by Crippen LogP contribution is -2.50. The van der Waals surface area contributed by atoms with Crippen molar-refractivity contribution in [1.29, 1.82) is 0 Å². The Labute approximate surface area is 197 Å². The highest BCUT2D eigenvalue weighted by atomic mass is 16.6. The van der Waals surface area contributed by atoms with E-state index < -0.39 is 0 Å². The van der Waals surface area contributed by atoms with Gasteiger partial charge in [0.05, 0.1) is 6.61 Å². The molecule has 2 aliphatic heterocycles. The Kier molecular flexibility index (Phi) is 8.00. The minimum atomic E-state index is -0.293. The highest BCUT2D eigenvalue weighted by molar-refractivity contribution is 5.94. The highest BCUT2D eigenvalue weighted by Crippen LogP contribution is 2.23. The lowest BCUT2D eigenvalue weighted by molar-refractivity contribution is 0.0570. The summed E-state index contributed by atoms with van der Waals surface area (Å²) in [5.41, 5.74) is 3.41. The molecule has 2 amide bonds. The van der Waals surface area contributed by atoms with Gasteiger partial charge in [-0.15, -0.1) is 0 Å². The summed E-state index contributed by atoms with van der Waals surface area (Å²) in [4.78, 5) is 30.7. The van der Waals surface area contributed by atoms with Gasteiger partial charge in [0.15, 0.2) is 0 Å². The Hall–Kier alpha value is -2.86. The van der Waals surface area contributed by atoms with Crippen LogP contribution in [0.5, 0.6) is 0 Å². The van der Waals surface area contributed by atoms with Gasteiger partial charge in [0.1, 0.15) is 0 Å². The van der Waals surface area contributed by atoms with E-state index in [4.69, 9.17) is 4.74 Å². The number of rotatable bonds is 6. The molecule has 176 valence electrons. The summed E-state index contributed by atoms with van der Waals surface area (Å²) >= 11 is 0. The Morgan fingerprint density at radius 3 is 2.09 bits per heavy atom. The molecule has 2 aromatic carbocycles. The van der Waals surface area contributed by atoms with Crippen LogP contribution in [0.25, 0.3) is 0 Å². The number of ether oxygens (including phenoxy) is 1. The van der Waals surface area contributed by atoms with E-state index >= 15 is 0 Å². The molecule has 0 N–H and O–H groups in total. The number of piperazine rings is 1. The van der Waals surface area contributed by atoms with Crippen LogP contribution in [-0.4, -0.2) is 72.6 Å². The number of nitrogens with zero attached hydrogens (tertiary/aromatic N) is 3. The summed E-state index contributed by atoms with van der Waals surface area (Å²) in [6.45, 7) is 7.47. The van der Waals surface area contributed by atoms with Crippen LogP contribution in [0.15, 0.2) is 54.6 Å². The van der Waals surface area contributed by atoms with Gasteiger partial charge in [-0.2, -0.15) is 0 Å². The molecule has 0 aliphatic carbocycles. The van der Waals surface area contributed by atoms with E-state index in [2.05, 4.69) is 47.4 Å². The zero-order valence-electron chi connectivity index (χ0n) is 19.6. The molecule has 2 heterocycles. The number of carbonyl (C=O) groups excluding carboxylic acids is 2. The SMILES string of the molecule is CCOC(=O)N1CCN(C(=O)c2ccc(CN3CCC(Cc4ccccc4)CC3)cc2)CC1. The predicted octanol–water partition coefficient (Wildman–Crippen LogP) is 4.06. The molecule has 0 aromatic heterocycles. The van der Waals surface area contributed by atoms with E-state index in [1.807, 2.05) is 17.0 Å². The third-order valence-corrected chi connectivity index (χ3v) is 6.77. The van der Waals surface area contributed by atoms with Crippen molar-refractivity contribution in [2.75, 3.05) is 45.9 Å². The Morgan fingerprint density at radius 1 is 0.818 bits per heavy atom. The van der Waals surface area contributed by atoms with E-state index in [1.165, 1.54) is 30.4 Å². The maximum Gasteiger partial charge on any atom is 0.409 e. The zero-order valence-corrected chi connectivity index (χ0v) is 19.6. The van der Waals surface area contributed by atoms with Crippen LogP contribution in [-0.2, 0) is 17.7 Å². The summed E-state index contributed by atoms with van der Waals surface area (Å²) in [6.07, 6.45) is 3.37. The number of carbonyl (C=O) groups is 2. The van der Waals surface area contributed by atoms with Gasteiger partial charge in [-0.1, -0.05) is 42.5 Å². The average Bonchev–Trinajstić information content (AvgIpc) is 2.86. The normalized spacial score (nSPS) is 17.7. The molecule has 2 aliphatic rings. The molecule has 2 fully saturated rings. The lowest BCUT2D eigenvalue weighted by Gasteiger charge is -2.34. The molecular weight excluding hydrogens is 414 g/mol. The maximum absolute atomic E-state index is 12.9. The van der Waals surface area contributed by atoms with E-state index in [-0.39, 0.29) is 12.0 Å². The van der Waals surface area contributed by atoms with Crippen molar-refractivity contribution in [1.82, 2.24) is 14.7 Å². The van der Waals surface area contributed by atoms with Crippen LogP contribution in [0.4, 0.5) is 4.79 Å². The van der Waals surface area contributed by atoms with Gasteiger partial charge >= 0.3 is 6.09 Å². The highest BCUT2D eigenvalue weighted by Gasteiger charge is 2.25. The largest absolute Gasteiger partial charge is 0.450 e. The summed E-state index contributed by atoms with van der Waals surface area (Å²) < 4.78 is 5.05. The van der Waals surface area contributed by atoms with Crippen molar-refractivity contribution < 1.29 is 14.3 Å². The van der Waals surface area contributed by atoms with E-state index in [0.717, 1.165) is 25.6 Å². The number of likely N-dealkylation sites (tertiary alicyclic amines) is 1. The van der Waals surface area contributed by atoms with Gasteiger partial charge in [0, 0.05) is 38.3 Å². The molecule has 4 rings (SSSR count). The van der Waals surface area contributed by atoms with Gasteiger partial charge in [-0.05, 0) is 68.5 Å². The number of amides is 2. The molecule has 2 saturated heterocycles. The Bertz CT molecular complexity index is 900. The molecular formula is C27H35N3O3. The van der Waals surface area contributed by atoms with Crippen LogP contribution in [0.3, 0.4) is 0 Å². The second-order valence-corrected chi connectivity index (χ2v) is 9.08. The van der Waals surface area contributed by atoms with Crippen LogP contribution in [0.1, 0.15) is 41.3 Å². The second kappa shape index (κ2) is 11.3. The number of piperidine rings is 1. The van der Waals surface area contributed by atoms with Crippen molar-refractivity contribution in [3.63, 3.8) is 0 Å². The molecule has 6 nitrogen and oxygen atoms in total. The minimum Gasteiger partial charge on any atom is -0.450 e. The van der Waals surface area contributed by atoms with Crippen LogP contribution < -0.4 is 0 Å². The van der Waals surface area contributed by atoms with Crippen LogP contribution in [0, 0.1) is 5.92 Å². The van der Waals surface area contributed by atoms with E-state index in [1.54, 1.807) is 11.8 Å². The third kappa shape index (κ3) is 6.35. The molecule has 0 saturated carbocycles. The quantitative estimate of drug-likeness (QED) is 0.668. The average molecular weight is 450 g/mol. The van der Waals surface area contributed by atoms with E-state index in [9.17, 15) is 9.59 Å². The zero-order chi connectivity index (χ0) is 23.0. The molecule has 0 bridgehead atoms. The first kappa shape index (κ1) is 23.3. The second-order valence-electron chi connectivity index (χ2n) is 9.08. The molecule has 0 atom stereocenters. The van der Waals surface area contributed by atoms with Gasteiger partial charge in [0.2, 0.25) is 0 Å². The van der Waals surface area contributed by atoms with Gasteiger partial charge < -0.3 is 14.5 Å². The maximum atomic E-state index is 12.9. The molecule has 2 aromatic rings. The first-order chi connectivity index (χ1) is 16.1. The van der Waals surface area contributed by atoms with Crippen LogP contribution >= 0.6 is 0 Å². The van der Waals surface area contributed by atoms with Gasteiger partial charge in [-0.3, -0.25) is 9.69 Å². The van der Waals surface area contributed by atoms with Gasteiger partial charge in [0.25, 0.3) is 5.91 Å². The minimum absolute atomic E-state index is 0.0341. The topological polar surface area (TPSA) is 53.1 Å². The molecule has 6 heteroatoms. The molecule has 0 radical (unpaired) electrons. The molecule has 0 unspecified atom stereocenters. The lowest BCUT2D eigenvalue weighted by atomic mass is 9.90. The summed E-state index contributed by atoms with van der Waals surface area (Å²) in [7, 11) is 0. The van der Waals surface area contributed by atoms with Crippen LogP contribution in [0.2, 0.25) is 0 Å². The smallest absolute Gasteiger partial charge is 0.409 e. The first-order valence-electron chi connectivity index (χ1n) is 12.2. The first-order valence-corrected chi connectivity index (χ1v) is 12.2. The fraction of sp³-hybridized carbons (Fsp3) is 0.481. The summed E-state index contributed by atoms with van der Waals surface area (Å²) in [5.74, 6) is 0.805. The van der Waals surface area contributed by atoms with Crippen molar-refractivity contribution in [3.05, 3.63) is 71.3 Å². The van der Waals surface area contributed by atoms with E-state index in [0.29, 0.717) is 38.3 Å². The van der Waals surface area contributed by atoms with Crippen molar-refractivity contribution in [2.24, 2.45) is 5.92 Å². The van der Waals surface area contributed by atoms with Gasteiger partial charge in [-0.25, -0.2) is 4.79 Å². The van der Waals surface area contributed by atoms with Crippen molar-refractivity contribution >= 4 is 12.0 Å². The Balaban J connectivity index is 1.22. The third-order valence-electron chi connectivity index (χ3n) is 6.77. The summed E-state index contributed by atoms with van der Waals surface area (Å²) in [6, 6.07) is 18.8. The standard InChI is InChI=1S/C27H35N3O3/c1-2-33-27(32)30-18-16-29(17-19-30)26(31)25-10-8-24(9-11-25)21-28-14-12-23(13-15-28)20-22-6-4-3-5-7-22/h3-11,23H,2,12-21H2,1H3. The fourth-order valence-corrected chi connectivity index (χ4v) is 4.80. The number of benzene rings is 2. The number of hydrogen-bond acceptors (Lipinski definition) is 4. The monoisotopic (exact) mass is 449 g/mol. The molecule has 33 heavy (non-hydrogen) atoms. The number of hydrogen-bond donors (Lipinski definition) is 0. The summed E-state index contributed by atoms with van der Waals surface area (Å²) in [5, 5.41) is 0. The van der Waals surface area contributed by atoms with Crippen molar-refractivity contribution in [2.45, 2.75) is 32.7 Å². The predicted molar refractivity (Wildman–Crippen MR) is 129 cm³/mol. The van der Waals surface area contributed by atoms with Crippen molar-refractivity contribution in [3.8, 4) is 0 Å².